The molecule has 1 N–H and O–H groups in total. The number of rotatable bonds is 4. The van der Waals surface area contributed by atoms with Crippen LogP contribution < -0.4 is 15.0 Å². The Balaban J connectivity index is 2.19. The van der Waals surface area contributed by atoms with Gasteiger partial charge in [0.05, 0.1) is 6.61 Å². The van der Waals surface area contributed by atoms with Crippen molar-refractivity contribution in [1.29, 1.82) is 0 Å². The van der Waals surface area contributed by atoms with E-state index in [0.29, 0.717) is 13.0 Å². The summed E-state index contributed by atoms with van der Waals surface area (Å²) in [5.74, 6) is 1.07. The summed E-state index contributed by atoms with van der Waals surface area (Å²) in [6.07, 6.45) is 0.572. The van der Waals surface area contributed by atoms with Crippen molar-refractivity contribution in [1.82, 2.24) is 5.32 Å². The van der Waals surface area contributed by atoms with Crippen molar-refractivity contribution >= 4 is 11.6 Å². The Hall–Kier alpha value is -1.55. The van der Waals surface area contributed by atoms with Crippen molar-refractivity contribution < 1.29 is 9.53 Å². The smallest absolute Gasteiger partial charge is 0.228 e. The van der Waals surface area contributed by atoms with Crippen molar-refractivity contribution in [3.05, 3.63) is 23.8 Å². The number of nitrogens with zero attached hydrogens (tertiary/aromatic N) is 1. The SMILES string of the molecule is CCOc1ccc(N2CC(NC)CC2=O)cc1C. The number of amides is 1. The molecule has 0 aromatic heterocycles. The number of carbonyl (C=O) groups is 1. The summed E-state index contributed by atoms with van der Waals surface area (Å²) in [6.45, 7) is 5.37. The Morgan fingerprint density at radius 1 is 1.50 bits per heavy atom. The van der Waals surface area contributed by atoms with Gasteiger partial charge in [0, 0.05) is 24.7 Å². The summed E-state index contributed by atoms with van der Waals surface area (Å²) in [6, 6.07) is 6.16. The van der Waals surface area contributed by atoms with E-state index >= 15 is 0 Å². The van der Waals surface area contributed by atoms with E-state index in [4.69, 9.17) is 4.74 Å². The number of aryl methyl sites for hydroxylation is 1. The molecule has 1 saturated heterocycles. The van der Waals surface area contributed by atoms with Gasteiger partial charge in [-0.05, 0) is 44.7 Å². The number of ether oxygens (including phenoxy) is 1. The summed E-state index contributed by atoms with van der Waals surface area (Å²) >= 11 is 0. The molecule has 0 radical (unpaired) electrons. The Labute approximate surface area is 108 Å². The van der Waals surface area contributed by atoms with E-state index in [-0.39, 0.29) is 11.9 Å². The lowest BCUT2D eigenvalue weighted by Gasteiger charge is -2.18. The molecule has 1 amide bonds. The lowest BCUT2D eigenvalue weighted by Crippen LogP contribution is -2.30. The number of hydrogen-bond donors (Lipinski definition) is 1. The molecule has 1 aliphatic heterocycles. The van der Waals surface area contributed by atoms with Gasteiger partial charge in [0.1, 0.15) is 5.75 Å². The first kappa shape index (κ1) is 12.9. The lowest BCUT2D eigenvalue weighted by molar-refractivity contribution is -0.117. The molecule has 1 aromatic rings. The van der Waals surface area contributed by atoms with Crippen LogP contribution in [0.4, 0.5) is 5.69 Å². The van der Waals surface area contributed by atoms with Gasteiger partial charge in [-0.3, -0.25) is 4.79 Å². The van der Waals surface area contributed by atoms with Gasteiger partial charge < -0.3 is 15.0 Å². The molecule has 4 heteroatoms. The molecular weight excluding hydrogens is 228 g/mol. The fourth-order valence-corrected chi connectivity index (χ4v) is 2.27. The third-order valence-electron chi connectivity index (χ3n) is 3.30. The van der Waals surface area contributed by atoms with Crippen molar-refractivity contribution in [3.8, 4) is 5.75 Å². The molecule has 18 heavy (non-hydrogen) atoms. The highest BCUT2D eigenvalue weighted by molar-refractivity contribution is 5.96. The van der Waals surface area contributed by atoms with Gasteiger partial charge in [0.25, 0.3) is 0 Å². The van der Waals surface area contributed by atoms with Gasteiger partial charge in [-0.2, -0.15) is 0 Å². The maximum Gasteiger partial charge on any atom is 0.228 e. The number of nitrogens with one attached hydrogen (secondary N) is 1. The Bertz CT molecular complexity index is 445. The molecule has 2 rings (SSSR count). The first-order valence-corrected chi connectivity index (χ1v) is 6.36. The normalized spacial score (nSPS) is 19.4. The maximum atomic E-state index is 11.9. The van der Waals surface area contributed by atoms with Crippen molar-refractivity contribution in [2.24, 2.45) is 0 Å². The number of likely N-dealkylation sites (N-methyl/N-ethyl adjacent to an activating group) is 1. The van der Waals surface area contributed by atoms with Crippen LogP contribution in [0, 0.1) is 6.92 Å². The van der Waals surface area contributed by atoms with Gasteiger partial charge in [0.2, 0.25) is 5.91 Å². The summed E-state index contributed by atoms with van der Waals surface area (Å²) in [5.41, 5.74) is 2.02. The van der Waals surface area contributed by atoms with E-state index in [2.05, 4.69) is 5.32 Å². The van der Waals surface area contributed by atoms with Crippen molar-refractivity contribution in [2.75, 3.05) is 25.1 Å². The zero-order chi connectivity index (χ0) is 13.1. The highest BCUT2D eigenvalue weighted by atomic mass is 16.5. The van der Waals surface area contributed by atoms with Gasteiger partial charge in [-0.1, -0.05) is 0 Å². The van der Waals surface area contributed by atoms with E-state index in [1.54, 1.807) is 0 Å². The highest BCUT2D eigenvalue weighted by Gasteiger charge is 2.29. The third kappa shape index (κ3) is 2.48. The molecule has 1 aromatic carbocycles. The molecule has 0 saturated carbocycles. The van der Waals surface area contributed by atoms with E-state index in [1.165, 1.54) is 0 Å². The Morgan fingerprint density at radius 2 is 2.28 bits per heavy atom. The minimum absolute atomic E-state index is 0.179. The van der Waals surface area contributed by atoms with E-state index in [9.17, 15) is 4.79 Å². The molecule has 1 atom stereocenters. The predicted octanol–water partition coefficient (Wildman–Crippen LogP) is 1.72. The fourth-order valence-electron chi connectivity index (χ4n) is 2.27. The van der Waals surface area contributed by atoms with E-state index < -0.39 is 0 Å². The average Bonchev–Trinajstić information content (AvgIpc) is 2.73. The molecule has 4 nitrogen and oxygen atoms in total. The minimum Gasteiger partial charge on any atom is -0.494 e. The molecular formula is C14H20N2O2. The predicted molar refractivity (Wildman–Crippen MR) is 72.2 cm³/mol. The highest BCUT2D eigenvalue weighted by Crippen LogP contribution is 2.27. The summed E-state index contributed by atoms with van der Waals surface area (Å²) in [7, 11) is 1.89. The topological polar surface area (TPSA) is 41.6 Å². The number of carbonyl (C=O) groups excluding carboxylic acids is 1. The van der Waals surface area contributed by atoms with Crippen LogP contribution in [0.25, 0.3) is 0 Å². The number of benzene rings is 1. The largest absolute Gasteiger partial charge is 0.494 e. The second-order valence-corrected chi connectivity index (χ2v) is 4.58. The zero-order valence-corrected chi connectivity index (χ0v) is 11.2. The Morgan fingerprint density at radius 3 is 2.83 bits per heavy atom. The van der Waals surface area contributed by atoms with Crippen LogP contribution in [0.15, 0.2) is 18.2 Å². The first-order chi connectivity index (χ1) is 8.65. The second kappa shape index (κ2) is 5.40. The maximum absolute atomic E-state index is 11.9. The molecule has 1 unspecified atom stereocenters. The van der Waals surface area contributed by atoms with Gasteiger partial charge in [0.15, 0.2) is 0 Å². The molecule has 1 heterocycles. The number of hydrogen-bond acceptors (Lipinski definition) is 3. The van der Waals surface area contributed by atoms with Crippen LogP contribution in [-0.2, 0) is 4.79 Å². The van der Waals surface area contributed by atoms with Gasteiger partial charge in [-0.25, -0.2) is 0 Å². The summed E-state index contributed by atoms with van der Waals surface area (Å²) in [4.78, 5) is 13.8. The van der Waals surface area contributed by atoms with Crippen LogP contribution in [0.2, 0.25) is 0 Å². The van der Waals surface area contributed by atoms with Gasteiger partial charge in [-0.15, -0.1) is 0 Å². The molecule has 0 spiro atoms. The summed E-state index contributed by atoms with van der Waals surface area (Å²) in [5, 5.41) is 3.15. The van der Waals surface area contributed by atoms with Crippen molar-refractivity contribution in [3.63, 3.8) is 0 Å². The standard InChI is InChI=1S/C14H20N2O2/c1-4-18-13-6-5-12(7-10(13)2)16-9-11(15-3)8-14(16)17/h5-7,11,15H,4,8-9H2,1-3H3. The van der Waals surface area contributed by atoms with Crippen molar-refractivity contribution in [2.45, 2.75) is 26.3 Å². The van der Waals surface area contributed by atoms with Crippen LogP contribution in [0.1, 0.15) is 18.9 Å². The minimum atomic E-state index is 0.179. The average molecular weight is 248 g/mol. The zero-order valence-electron chi connectivity index (χ0n) is 11.2. The lowest BCUT2D eigenvalue weighted by atomic mass is 10.2. The van der Waals surface area contributed by atoms with Crippen LogP contribution in [0.5, 0.6) is 5.75 Å². The monoisotopic (exact) mass is 248 g/mol. The molecule has 1 fully saturated rings. The third-order valence-corrected chi connectivity index (χ3v) is 3.30. The summed E-state index contributed by atoms with van der Waals surface area (Å²) < 4.78 is 5.51. The number of anilines is 1. The van der Waals surface area contributed by atoms with Gasteiger partial charge >= 0.3 is 0 Å². The quantitative estimate of drug-likeness (QED) is 0.882. The Kier molecular flexibility index (Phi) is 3.87. The van der Waals surface area contributed by atoms with E-state index in [0.717, 1.165) is 23.5 Å². The van der Waals surface area contributed by atoms with Crippen LogP contribution in [0.3, 0.4) is 0 Å². The fraction of sp³-hybridized carbons (Fsp3) is 0.500. The molecule has 0 bridgehead atoms. The molecule has 0 aliphatic carbocycles. The second-order valence-electron chi connectivity index (χ2n) is 4.58. The molecule has 98 valence electrons. The van der Waals surface area contributed by atoms with Crippen LogP contribution >= 0.6 is 0 Å². The van der Waals surface area contributed by atoms with Crippen LogP contribution in [-0.4, -0.2) is 32.1 Å². The first-order valence-electron chi connectivity index (χ1n) is 6.36. The van der Waals surface area contributed by atoms with E-state index in [1.807, 2.05) is 44.0 Å². The molecule has 1 aliphatic rings.